The Bertz CT molecular complexity index is 1620. The zero-order valence-corrected chi connectivity index (χ0v) is 25.5. The monoisotopic (exact) mass is 607 g/mol. The molecule has 4 rings (SSSR count). The van der Waals surface area contributed by atoms with Gasteiger partial charge in [-0.25, -0.2) is 4.79 Å². The second-order valence-electron chi connectivity index (χ2n) is 11.8. The van der Waals surface area contributed by atoms with E-state index in [1.807, 2.05) is 31.6 Å². The number of hydrogen-bond donors (Lipinski definition) is 2. The lowest BCUT2D eigenvalue weighted by molar-refractivity contribution is -0.137. The SMILES string of the molecule is CC(C)n1cc(-c2cncc(C(=O)N[C@H](C)c3ccc(-c4cc(C(F)(F)F)ccc4CNC(=O)OC(C)(C)C)cc3)c2)cn1. The number of pyridine rings is 1. The highest BCUT2D eigenvalue weighted by Gasteiger charge is 2.31. The van der Waals surface area contributed by atoms with E-state index in [1.165, 1.54) is 12.3 Å². The largest absolute Gasteiger partial charge is 0.444 e. The first-order valence-corrected chi connectivity index (χ1v) is 14.2. The Kier molecular flexibility index (Phi) is 9.46. The first kappa shape index (κ1) is 32.2. The maximum atomic E-state index is 13.6. The number of nitrogens with zero attached hydrogens (tertiary/aromatic N) is 3. The molecule has 0 fully saturated rings. The highest BCUT2D eigenvalue weighted by atomic mass is 19.4. The van der Waals surface area contributed by atoms with Crippen LogP contribution in [-0.2, 0) is 17.5 Å². The number of hydrogen-bond acceptors (Lipinski definition) is 5. The molecule has 0 bridgehead atoms. The first-order chi connectivity index (χ1) is 20.6. The van der Waals surface area contributed by atoms with Gasteiger partial charge in [0.1, 0.15) is 5.60 Å². The van der Waals surface area contributed by atoms with Gasteiger partial charge >= 0.3 is 12.3 Å². The molecule has 0 radical (unpaired) electrons. The van der Waals surface area contributed by atoms with E-state index in [1.54, 1.807) is 63.5 Å². The molecule has 11 heteroatoms. The van der Waals surface area contributed by atoms with Crippen LogP contribution < -0.4 is 10.6 Å². The normalized spacial score (nSPS) is 12.6. The fraction of sp³-hybridized carbons (Fsp3) is 0.333. The zero-order valence-electron chi connectivity index (χ0n) is 25.5. The number of rotatable bonds is 8. The Morgan fingerprint density at radius 2 is 1.61 bits per heavy atom. The fourth-order valence-electron chi connectivity index (χ4n) is 4.46. The Labute approximate surface area is 254 Å². The minimum Gasteiger partial charge on any atom is -0.444 e. The lowest BCUT2D eigenvalue weighted by atomic mass is 9.95. The fourth-order valence-corrected chi connectivity index (χ4v) is 4.46. The summed E-state index contributed by atoms with van der Waals surface area (Å²) in [5.74, 6) is -0.319. The van der Waals surface area contributed by atoms with Crippen LogP contribution in [0.4, 0.5) is 18.0 Å². The van der Waals surface area contributed by atoms with Crippen molar-refractivity contribution in [3.05, 3.63) is 95.6 Å². The lowest BCUT2D eigenvalue weighted by Crippen LogP contribution is -2.32. The number of carbonyl (C=O) groups excluding carboxylic acids is 2. The summed E-state index contributed by atoms with van der Waals surface area (Å²) in [6.45, 7) is 11.0. The second-order valence-corrected chi connectivity index (χ2v) is 11.8. The molecular formula is C33H36F3N5O3. The topological polar surface area (TPSA) is 98.1 Å². The molecule has 0 unspecified atom stereocenters. The summed E-state index contributed by atoms with van der Waals surface area (Å²) >= 11 is 0. The smallest absolute Gasteiger partial charge is 0.416 e. The molecule has 232 valence electrons. The van der Waals surface area contributed by atoms with Gasteiger partial charge in [0.2, 0.25) is 0 Å². The Hall–Kier alpha value is -4.67. The van der Waals surface area contributed by atoms with Crippen molar-refractivity contribution in [1.82, 2.24) is 25.4 Å². The molecule has 2 amide bonds. The van der Waals surface area contributed by atoms with E-state index in [0.717, 1.165) is 28.8 Å². The van der Waals surface area contributed by atoms with Crippen LogP contribution >= 0.6 is 0 Å². The second kappa shape index (κ2) is 12.9. The molecular weight excluding hydrogens is 571 g/mol. The number of aromatic nitrogens is 3. The minimum absolute atomic E-state index is 0.0258. The van der Waals surface area contributed by atoms with Crippen LogP contribution in [0.3, 0.4) is 0 Å². The van der Waals surface area contributed by atoms with Crippen LogP contribution in [0.15, 0.2) is 73.3 Å². The summed E-state index contributed by atoms with van der Waals surface area (Å²) in [5, 5.41) is 9.91. The summed E-state index contributed by atoms with van der Waals surface area (Å²) in [4.78, 5) is 29.5. The van der Waals surface area contributed by atoms with Gasteiger partial charge in [0.15, 0.2) is 0 Å². The Morgan fingerprint density at radius 1 is 0.909 bits per heavy atom. The molecule has 2 aromatic heterocycles. The number of benzene rings is 2. The number of ether oxygens (including phenoxy) is 1. The third-order valence-electron chi connectivity index (χ3n) is 6.79. The molecule has 1 atom stereocenters. The number of nitrogens with one attached hydrogen (secondary N) is 2. The lowest BCUT2D eigenvalue weighted by Gasteiger charge is -2.20. The molecule has 0 aliphatic rings. The molecule has 4 aromatic rings. The quantitative estimate of drug-likeness (QED) is 0.214. The Balaban J connectivity index is 1.51. The van der Waals surface area contributed by atoms with Crippen LogP contribution in [0.1, 0.15) is 80.7 Å². The van der Waals surface area contributed by atoms with Crippen LogP contribution in [-0.4, -0.2) is 32.4 Å². The van der Waals surface area contributed by atoms with E-state index in [-0.39, 0.29) is 18.5 Å². The molecule has 2 heterocycles. The van der Waals surface area contributed by atoms with Crippen molar-refractivity contribution in [3.63, 3.8) is 0 Å². The van der Waals surface area contributed by atoms with E-state index < -0.39 is 29.5 Å². The van der Waals surface area contributed by atoms with E-state index in [2.05, 4.69) is 20.7 Å². The standard InChI is InChI=1S/C33H36F3N5O3/c1-20(2)41-19-27(18-39-41)25-13-26(16-37-15-25)30(42)40-21(3)22-7-9-23(10-8-22)29-14-28(33(34,35)36)12-11-24(29)17-38-31(43)44-32(4,5)6/h7-16,18-21H,17H2,1-6H3,(H,38,43)(H,40,42)/t21-/m1/s1. The molecule has 0 saturated carbocycles. The maximum Gasteiger partial charge on any atom is 0.416 e. The van der Waals surface area contributed by atoms with Gasteiger partial charge in [-0.1, -0.05) is 30.3 Å². The van der Waals surface area contributed by atoms with Gasteiger partial charge in [-0.2, -0.15) is 18.3 Å². The van der Waals surface area contributed by atoms with Gasteiger partial charge in [-0.3, -0.25) is 14.5 Å². The van der Waals surface area contributed by atoms with Crippen molar-refractivity contribution in [2.24, 2.45) is 0 Å². The molecule has 0 spiro atoms. The molecule has 2 aromatic carbocycles. The van der Waals surface area contributed by atoms with Gasteiger partial charge in [-0.05, 0) is 82.0 Å². The van der Waals surface area contributed by atoms with Crippen molar-refractivity contribution < 1.29 is 27.5 Å². The van der Waals surface area contributed by atoms with Crippen LogP contribution in [0.5, 0.6) is 0 Å². The van der Waals surface area contributed by atoms with Crippen LogP contribution in [0.25, 0.3) is 22.3 Å². The molecule has 0 saturated heterocycles. The van der Waals surface area contributed by atoms with Gasteiger partial charge < -0.3 is 15.4 Å². The highest BCUT2D eigenvalue weighted by molar-refractivity contribution is 5.95. The van der Waals surface area contributed by atoms with Crippen molar-refractivity contribution in [2.45, 2.75) is 71.9 Å². The number of amides is 2. The molecule has 0 aliphatic carbocycles. The predicted molar refractivity (Wildman–Crippen MR) is 162 cm³/mol. The average molecular weight is 608 g/mol. The molecule has 44 heavy (non-hydrogen) atoms. The summed E-state index contributed by atoms with van der Waals surface area (Å²) in [5.41, 5.74) is 2.57. The van der Waals surface area contributed by atoms with Gasteiger partial charge in [0, 0.05) is 42.3 Å². The van der Waals surface area contributed by atoms with Crippen molar-refractivity contribution in [3.8, 4) is 22.3 Å². The van der Waals surface area contributed by atoms with E-state index >= 15 is 0 Å². The summed E-state index contributed by atoms with van der Waals surface area (Å²) in [7, 11) is 0. The zero-order chi connectivity index (χ0) is 32.2. The van der Waals surface area contributed by atoms with Crippen LogP contribution in [0, 0.1) is 0 Å². The van der Waals surface area contributed by atoms with E-state index in [4.69, 9.17) is 4.74 Å². The van der Waals surface area contributed by atoms with Gasteiger partial charge in [0.05, 0.1) is 23.4 Å². The molecule has 8 nitrogen and oxygen atoms in total. The third kappa shape index (κ3) is 8.24. The summed E-state index contributed by atoms with van der Waals surface area (Å²) in [6.07, 6.45) is 1.58. The highest BCUT2D eigenvalue weighted by Crippen LogP contribution is 2.34. The summed E-state index contributed by atoms with van der Waals surface area (Å²) < 4.78 is 47.8. The number of alkyl halides is 3. The average Bonchev–Trinajstić information content (AvgIpc) is 3.46. The number of alkyl carbamates (subject to hydrolysis) is 1. The van der Waals surface area contributed by atoms with Gasteiger partial charge in [0.25, 0.3) is 5.91 Å². The molecule has 0 aliphatic heterocycles. The number of carbonyl (C=O) groups is 2. The minimum atomic E-state index is -4.54. The number of halogens is 3. The Morgan fingerprint density at radius 3 is 2.23 bits per heavy atom. The van der Waals surface area contributed by atoms with Crippen molar-refractivity contribution in [2.75, 3.05) is 0 Å². The predicted octanol–water partition coefficient (Wildman–Crippen LogP) is 7.73. The van der Waals surface area contributed by atoms with Crippen molar-refractivity contribution >= 4 is 12.0 Å². The van der Waals surface area contributed by atoms with E-state index in [0.29, 0.717) is 22.3 Å². The third-order valence-corrected chi connectivity index (χ3v) is 6.79. The summed E-state index contributed by atoms with van der Waals surface area (Å²) in [6, 6.07) is 11.8. The van der Waals surface area contributed by atoms with E-state index in [9.17, 15) is 22.8 Å². The van der Waals surface area contributed by atoms with Crippen molar-refractivity contribution in [1.29, 1.82) is 0 Å². The van der Waals surface area contributed by atoms with Crippen LogP contribution in [0.2, 0.25) is 0 Å². The maximum absolute atomic E-state index is 13.6. The van der Waals surface area contributed by atoms with Gasteiger partial charge in [-0.15, -0.1) is 0 Å². The first-order valence-electron chi connectivity index (χ1n) is 14.2. The molecule has 2 N–H and O–H groups in total.